The fraction of sp³-hybridized carbons (Fsp3) is 0.500. The van der Waals surface area contributed by atoms with E-state index in [0.29, 0.717) is 39.6 Å². The summed E-state index contributed by atoms with van der Waals surface area (Å²) in [6, 6.07) is 0. The molecular formula is C18H17O6S3. The van der Waals surface area contributed by atoms with E-state index < -0.39 is 0 Å². The van der Waals surface area contributed by atoms with Gasteiger partial charge in [-0.1, -0.05) is 0 Å². The van der Waals surface area contributed by atoms with Gasteiger partial charge >= 0.3 is 0 Å². The molecule has 0 fully saturated rings. The zero-order valence-corrected chi connectivity index (χ0v) is 16.8. The molecule has 0 saturated carbocycles. The third kappa shape index (κ3) is 2.61. The molecule has 0 aliphatic carbocycles. The number of fused-ring (bicyclic) bond motifs is 1. The fourth-order valence-electron chi connectivity index (χ4n) is 3.69. The van der Waals surface area contributed by atoms with Crippen LogP contribution in [0.1, 0.15) is 20.3 Å². The Morgan fingerprint density at radius 3 is 2.22 bits per heavy atom. The first-order chi connectivity index (χ1) is 13.4. The largest absolute Gasteiger partial charge is 0.490 e. The maximum atomic E-state index is 6.07. The van der Waals surface area contributed by atoms with Crippen LogP contribution in [-0.4, -0.2) is 45.4 Å². The van der Waals surface area contributed by atoms with Crippen molar-refractivity contribution in [2.45, 2.75) is 10.5 Å². The molecule has 1 radical (unpaired) electrons. The van der Waals surface area contributed by atoms with Crippen LogP contribution in [0.3, 0.4) is 0 Å². The van der Waals surface area contributed by atoms with Gasteiger partial charge in [0, 0.05) is 0 Å². The maximum absolute atomic E-state index is 6.07. The molecule has 143 valence electrons. The summed E-state index contributed by atoms with van der Waals surface area (Å²) in [5, 5.41) is 0.153. The molecule has 1 aromatic heterocycles. The molecule has 6 rings (SSSR count). The van der Waals surface area contributed by atoms with Crippen molar-refractivity contribution in [3.63, 3.8) is 0 Å². The van der Waals surface area contributed by atoms with Crippen molar-refractivity contribution in [2.24, 2.45) is 0 Å². The van der Waals surface area contributed by atoms with E-state index in [9.17, 15) is 0 Å². The average molecular weight is 426 g/mol. The Morgan fingerprint density at radius 2 is 1.37 bits per heavy atom. The molecule has 0 bridgehead atoms. The summed E-state index contributed by atoms with van der Waals surface area (Å²) >= 11 is 5.25. The van der Waals surface area contributed by atoms with Crippen LogP contribution in [-0.2, 0) is 18.9 Å². The standard InChI is InChI=1S/C18H17O6S3/c1-3-21-11-9(19-1)7-25-15(11)17-13-14(24-6-5-23-13)18(27-17)16-12-10(8-26-16)20-2-4-22-12/h7,15-16H,1-6,8H2. The molecule has 9 heteroatoms. The van der Waals surface area contributed by atoms with E-state index in [0.717, 1.165) is 50.0 Å². The Kier molecular flexibility index (Phi) is 4.08. The van der Waals surface area contributed by atoms with Gasteiger partial charge in [0.05, 0.1) is 21.3 Å². The molecule has 0 saturated heterocycles. The summed E-state index contributed by atoms with van der Waals surface area (Å²) in [5.41, 5.74) is 0. The summed E-state index contributed by atoms with van der Waals surface area (Å²) in [6.07, 6.45) is 0. The monoisotopic (exact) mass is 425 g/mol. The Labute approximate surface area is 169 Å². The molecule has 2 unspecified atom stereocenters. The number of hydrogen-bond donors (Lipinski definition) is 0. The lowest BCUT2D eigenvalue weighted by atomic mass is 10.2. The summed E-state index contributed by atoms with van der Waals surface area (Å²) in [6.45, 7) is 3.54. The van der Waals surface area contributed by atoms with E-state index in [-0.39, 0.29) is 10.5 Å². The van der Waals surface area contributed by atoms with Crippen molar-refractivity contribution < 1.29 is 28.4 Å². The molecule has 27 heavy (non-hydrogen) atoms. The number of ether oxygens (including phenoxy) is 6. The highest BCUT2D eigenvalue weighted by atomic mass is 32.2. The molecule has 0 aromatic carbocycles. The van der Waals surface area contributed by atoms with Crippen molar-refractivity contribution in [3.05, 3.63) is 38.5 Å². The third-order valence-corrected chi connectivity index (χ3v) is 8.69. The minimum atomic E-state index is 0.0536. The van der Waals surface area contributed by atoms with Gasteiger partial charge in [-0.15, -0.1) is 34.9 Å². The van der Waals surface area contributed by atoms with Crippen molar-refractivity contribution in [1.82, 2.24) is 0 Å². The molecular weight excluding hydrogens is 408 g/mol. The highest BCUT2D eigenvalue weighted by Crippen LogP contribution is 2.61. The van der Waals surface area contributed by atoms with Crippen LogP contribution in [0.25, 0.3) is 0 Å². The van der Waals surface area contributed by atoms with Crippen LogP contribution >= 0.6 is 34.9 Å². The zero-order valence-electron chi connectivity index (χ0n) is 14.4. The van der Waals surface area contributed by atoms with Crippen LogP contribution in [0.5, 0.6) is 11.5 Å². The highest BCUT2D eigenvalue weighted by molar-refractivity contribution is 8.02. The van der Waals surface area contributed by atoms with Crippen molar-refractivity contribution in [1.29, 1.82) is 0 Å². The molecule has 5 aliphatic rings. The first-order valence-electron chi connectivity index (χ1n) is 8.91. The fourth-order valence-corrected chi connectivity index (χ4v) is 7.64. The predicted molar refractivity (Wildman–Crippen MR) is 103 cm³/mol. The van der Waals surface area contributed by atoms with Gasteiger partial charge in [0.25, 0.3) is 0 Å². The summed E-state index contributed by atoms with van der Waals surface area (Å²) in [5.74, 6) is 8.23. The van der Waals surface area contributed by atoms with E-state index in [1.165, 1.54) is 0 Å². The average Bonchev–Trinajstić information content (AvgIpc) is 3.42. The van der Waals surface area contributed by atoms with Gasteiger partial charge in [-0.05, 0) is 0 Å². The Hall–Kier alpha value is -1.32. The number of rotatable bonds is 2. The smallest absolute Gasteiger partial charge is 0.177 e. The lowest BCUT2D eigenvalue weighted by Gasteiger charge is -2.22. The molecule has 5 aliphatic heterocycles. The Morgan fingerprint density at radius 1 is 0.704 bits per heavy atom. The van der Waals surface area contributed by atoms with Gasteiger partial charge in [-0.3, -0.25) is 0 Å². The SMILES string of the molecule is [CH]1SC(c2sc(C3SCC4=C3OCCO4)c3c2OCCO3)C2=C1OCCO2. The summed E-state index contributed by atoms with van der Waals surface area (Å²) in [7, 11) is 0. The van der Waals surface area contributed by atoms with Crippen molar-refractivity contribution in [2.75, 3.05) is 45.4 Å². The first-order valence-corrected chi connectivity index (χ1v) is 11.7. The van der Waals surface area contributed by atoms with E-state index >= 15 is 0 Å². The second kappa shape index (κ2) is 6.63. The lowest BCUT2D eigenvalue weighted by Crippen LogP contribution is -2.17. The molecule has 6 nitrogen and oxygen atoms in total. The molecule has 0 amide bonds. The van der Waals surface area contributed by atoms with E-state index in [1.54, 1.807) is 23.1 Å². The molecule has 2 atom stereocenters. The molecule has 1 aromatic rings. The third-order valence-electron chi connectivity index (χ3n) is 4.83. The Bertz CT molecular complexity index is 778. The Balaban J connectivity index is 1.42. The van der Waals surface area contributed by atoms with Crippen LogP contribution in [0.2, 0.25) is 0 Å². The van der Waals surface area contributed by atoms with Crippen molar-refractivity contribution >= 4 is 34.9 Å². The normalized spacial score (nSPS) is 28.7. The van der Waals surface area contributed by atoms with E-state index in [2.05, 4.69) is 0 Å². The minimum absolute atomic E-state index is 0.0536. The lowest BCUT2D eigenvalue weighted by molar-refractivity contribution is 0.0640. The molecule has 0 spiro atoms. The second-order valence-corrected chi connectivity index (χ2v) is 9.58. The maximum Gasteiger partial charge on any atom is 0.177 e. The number of thioether (sulfide) groups is 2. The van der Waals surface area contributed by atoms with Crippen LogP contribution < -0.4 is 9.47 Å². The number of hydrogen-bond acceptors (Lipinski definition) is 9. The number of thiophene rings is 1. The highest BCUT2D eigenvalue weighted by Gasteiger charge is 2.43. The topological polar surface area (TPSA) is 55.4 Å². The van der Waals surface area contributed by atoms with Crippen LogP contribution in [0.4, 0.5) is 0 Å². The van der Waals surface area contributed by atoms with Gasteiger partial charge < -0.3 is 28.4 Å². The van der Waals surface area contributed by atoms with Gasteiger partial charge in [-0.2, -0.15) is 0 Å². The minimum Gasteiger partial charge on any atom is -0.490 e. The predicted octanol–water partition coefficient (Wildman–Crippen LogP) is 3.77. The van der Waals surface area contributed by atoms with Crippen molar-refractivity contribution in [3.8, 4) is 11.5 Å². The molecule has 6 heterocycles. The van der Waals surface area contributed by atoms with E-state index in [4.69, 9.17) is 28.4 Å². The van der Waals surface area contributed by atoms with Gasteiger partial charge in [0.15, 0.2) is 23.0 Å². The van der Waals surface area contributed by atoms with Crippen LogP contribution in [0.15, 0.2) is 23.0 Å². The quantitative estimate of drug-likeness (QED) is 0.710. The van der Waals surface area contributed by atoms with E-state index in [1.807, 2.05) is 17.5 Å². The summed E-state index contributed by atoms with van der Waals surface area (Å²) in [4.78, 5) is 2.27. The summed E-state index contributed by atoms with van der Waals surface area (Å²) < 4.78 is 35.6. The second-order valence-electron chi connectivity index (χ2n) is 6.42. The van der Waals surface area contributed by atoms with Gasteiger partial charge in [0.2, 0.25) is 0 Å². The zero-order chi connectivity index (χ0) is 17.8. The molecule has 0 N–H and O–H groups in total. The first kappa shape index (κ1) is 16.6. The van der Waals surface area contributed by atoms with Gasteiger partial charge in [-0.25, -0.2) is 0 Å². The van der Waals surface area contributed by atoms with Crippen LogP contribution in [0, 0.1) is 5.75 Å². The van der Waals surface area contributed by atoms with Gasteiger partial charge in [0.1, 0.15) is 61.7 Å².